The molecular formula is C13H20O7. The fraction of sp³-hybridized carbons (Fsp3) is 0.769. The highest BCUT2D eigenvalue weighted by molar-refractivity contribution is 5.72. The molecule has 0 aromatic carbocycles. The molecule has 0 heterocycles. The lowest BCUT2D eigenvalue weighted by Crippen LogP contribution is -2.51. The summed E-state index contributed by atoms with van der Waals surface area (Å²) in [4.78, 5) is 11.4. The zero-order valence-electron chi connectivity index (χ0n) is 11.0. The molecule has 7 heteroatoms. The van der Waals surface area contributed by atoms with E-state index in [0.717, 1.165) is 0 Å². The summed E-state index contributed by atoms with van der Waals surface area (Å²) >= 11 is 0. The maximum absolute atomic E-state index is 11.4. The van der Waals surface area contributed by atoms with E-state index in [2.05, 4.69) is 0 Å². The van der Waals surface area contributed by atoms with Crippen molar-refractivity contribution in [2.75, 3.05) is 26.4 Å². The first kappa shape index (κ1) is 15.4. The molecule has 2 aliphatic carbocycles. The van der Waals surface area contributed by atoms with Gasteiger partial charge in [0.15, 0.2) is 0 Å². The summed E-state index contributed by atoms with van der Waals surface area (Å²) in [6, 6.07) is 0. The van der Waals surface area contributed by atoms with E-state index < -0.39 is 23.8 Å². The maximum Gasteiger partial charge on any atom is 0.307 e. The number of rotatable bonds is 8. The number of hydrogen-bond acceptors (Lipinski definition) is 6. The van der Waals surface area contributed by atoms with E-state index in [-0.39, 0.29) is 38.3 Å². The van der Waals surface area contributed by atoms with Crippen LogP contribution in [-0.2, 0) is 14.3 Å². The highest BCUT2D eigenvalue weighted by Gasteiger charge is 2.58. The Labute approximate surface area is 116 Å². The summed E-state index contributed by atoms with van der Waals surface area (Å²) in [6.07, 6.45) is 4.34. The van der Waals surface area contributed by atoms with Crippen LogP contribution in [0.25, 0.3) is 0 Å². The van der Waals surface area contributed by atoms with Gasteiger partial charge >= 0.3 is 5.97 Å². The van der Waals surface area contributed by atoms with Crippen molar-refractivity contribution < 1.29 is 34.7 Å². The first-order valence-electron chi connectivity index (χ1n) is 6.66. The van der Waals surface area contributed by atoms with Gasteiger partial charge in [0.2, 0.25) is 0 Å². The number of carbonyl (C=O) groups is 1. The molecular weight excluding hydrogens is 268 g/mol. The number of aliphatic hydroxyl groups is 3. The van der Waals surface area contributed by atoms with Crippen LogP contribution >= 0.6 is 0 Å². The molecule has 0 aliphatic heterocycles. The largest absolute Gasteiger partial charge is 0.481 e. The molecule has 2 bridgehead atoms. The van der Waals surface area contributed by atoms with Crippen molar-refractivity contribution in [3.8, 4) is 0 Å². The van der Waals surface area contributed by atoms with Crippen LogP contribution in [0.3, 0.4) is 0 Å². The van der Waals surface area contributed by atoms with Crippen molar-refractivity contribution in [2.24, 2.45) is 23.7 Å². The Morgan fingerprint density at radius 1 is 1.15 bits per heavy atom. The van der Waals surface area contributed by atoms with Crippen molar-refractivity contribution in [1.82, 2.24) is 0 Å². The second-order valence-corrected chi connectivity index (χ2v) is 5.11. The number of aliphatic hydroxyl groups excluding tert-OH is 2. The Balaban J connectivity index is 2.22. The fourth-order valence-corrected chi connectivity index (χ4v) is 3.27. The smallest absolute Gasteiger partial charge is 0.307 e. The van der Waals surface area contributed by atoms with Gasteiger partial charge in [-0.25, -0.2) is 0 Å². The predicted octanol–water partition coefficient (Wildman–Crippen LogP) is -0.827. The second kappa shape index (κ2) is 6.19. The topological polar surface area (TPSA) is 116 Å². The summed E-state index contributed by atoms with van der Waals surface area (Å²) in [7, 11) is 0. The van der Waals surface area contributed by atoms with E-state index in [1.807, 2.05) is 12.2 Å². The lowest BCUT2D eigenvalue weighted by molar-refractivity contribution is -0.395. The van der Waals surface area contributed by atoms with Crippen LogP contribution < -0.4 is 0 Å². The number of fused-ring (bicyclic) bond motifs is 2. The van der Waals surface area contributed by atoms with Gasteiger partial charge in [-0.05, 0) is 18.3 Å². The second-order valence-electron chi connectivity index (χ2n) is 5.11. The molecule has 0 radical (unpaired) electrons. The highest BCUT2D eigenvalue weighted by atomic mass is 16.8. The van der Waals surface area contributed by atoms with E-state index in [4.69, 9.17) is 19.7 Å². The molecule has 2 rings (SSSR count). The van der Waals surface area contributed by atoms with Crippen LogP contribution in [0.5, 0.6) is 0 Å². The molecule has 4 unspecified atom stereocenters. The van der Waals surface area contributed by atoms with Gasteiger partial charge in [-0.2, -0.15) is 0 Å². The number of ether oxygens (including phenoxy) is 2. The molecule has 0 amide bonds. The van der Waals surface area contributed by atoms with Crippen molar-refractivity contribution in [3.05, 3.63) is 12.2 Å². The van der Waals surface area contributed by atoms with E-state index in [9.17, 15) is 15.0 Å². The Hall–Kier alpha value is -0.990. The summed E-state index contributed by atoms with van der Waals surface area (Å²) in [5.41, 5.74) is 0. The number of aliphatic carboxylic acids is 1. The molecule has 1 saturated carbocycles. The third-order valence-corrected chi connectivity index (χ3v) is 3.97. The minimum absolute atomic E-state index is 0.149. The van der Waals surface area contributed by atoms with Crippen LogP contribution in [0, 0.1) is 23.7 Å². The number of allylic oxidation sites excluding steroid dienone is 2. The number of carboxylic acids is 1. The number of carboxylic acid groups (broad SMARTS) is 1. The molecule has 4 atom stereocenters. The van der Waals surface area contributed by atoms with Gasteiger partial charge in [-0.1, -0.05) is 12.2 Å². The molecule has 0 spiro atoms. The third kappa shape index (κ3) is 2.72. The molecule has 114 valence electrons. The van der Waals surface area contributed by atoms with Crippen molar-refractivity contribution in [3.63, 3.8) is 0 Å². The summed E-state index contributed by atoms with van der Waals surface area (Å²) in [6.45, 7) is -0.990. The predicted molar refractivity (Wildman–Crippen MR) is 66.4 cm³/mol. The fourth-order valence-electron chi connectivity index (χ4n) is 3.27. The standard InChI is InChI=1S/C13H20O7/c14-3-5-19-13(18,20-6-4-15)11-9-2-1-8(7-9)10(11)12(16)17/h1-2,8-11,14-15,18H,3-7H2,(H,16,17). The molecule has 7 nitrogen and oxygen atoms in total. The zero-order valence-corrected chi connectivity index (χ0v) is 11.0. The first-order valence-corrected chi connectivity index (χ1v) is 6.66. The quantitative estimate of drug-likeness (QED) is 0.340. The SMILES string of the molecule is O=C(O)C1C2C=CC(C2)C1C(O)(OCCO)OCCO. The van der Waals surface area contributed by atoms with Crippen LogP contribution in [0.4, 0.5) is 0 Å². The average Bonchev–Trinajstić information content (AvgIpc) is 3.03. The third-order valence-electron chi connectivity index (χ3n) is 3.97. The van der Waals surface area contributed by atoms with Gasteiger partial charge in [0.1, 0.15) is 0 Å². The molecule has 4 N–H and O–H groups in total. The van der Waals surface area contributed by atoms with Crippen molar-refractivity contribution >= 4 is 5.97 Å². The normalized spacial score (nSPS) is 31.9. The highest BCUT2D eigenvalue weighted by Crippen LogP contribution is 2.52. The van der Waals surface area contributed by atoms with Gasteiger partial charge in [0.05, 0.1) is 38.3 Å². The maximum atomic E-state index is 11.4. The van der Waals surface area contributed by atoms with Crippen LogP contribution in [-0.4, -0.2) is 58.8 Å². The Morgan fingerprint density at radius 3 is 2.20 bits per heavy atom. The van der Waals surface area contributed by atoms with Gasteiger partial charge in [0, 0.05) is 0 Å². The van der Waals surface area contributed by atoms with Crippen molar-refractivity contribution in [1.29, 1.82) is 0 Å². The Morgan fingerprint density at radius 2 is 1.70 bits per heavy atom. The molecule has 20 heavy (non-hydrogen) atoms. The van der Waals surface area contributed by atoms with Gasteiger partial charge in [-0.3, -0.25) is 4.79 Å². The molecule has 0 saturated heterocycles. The minimum Gasteiger partial charge on any atom is -0.481 e. The van der Waals surface area contributed by atoms with E-state index >= 15 is 0 Å². The summed E-state index contributed by atoms with van der Waals surface area (Å²) in [5, 5.41) is 37.6. The number of hydrogen-bond donors (Lipinski definition) is 4. The Bertz CT molecular complexity index is 373. The van der Waals surface area contributed by atoms with Crippen LogP contribution in [0.15, 0.2) is 12.2 Å². The van der Waals surface area contributed by atoms with E-state index in [0.29, 0.717) is 6.42 Å². The van der Waals surface area contributed by atoms with E-state index in [1.165, 1.54) is 0 Å². The molecule has 1 fully saturated rings. The van der Waals surface area contributed by atoms with Gasteiger partial charge in [0.25, 0.3) is 5.97 Å². The van der Waals surface area contributed by atoms with Crippen molar-refractivity contribution in [2.45, 2.75) is 12.4 Å². The minimum atomic E-state index is -2.11. The summed E-state index contributed by atoms with van der Waals surface area (Å²) < 4.78 is 10.3. The summed E-state index contributed by atoms with van der Waals surface area (Å²) in [5.74, 6) is -4.97. The first-order chi connectivity index (χ1) is 9.53. The lowest BCUT2D eigenvalue weighted by atomic mass is 9.81. The lowest BCUT2D eigenvalue weighted by Gasteiger charge is -2.38. The van der Waals surface area contributed by atoms with Gasteiger partial charge < -0.3 is 29.9 Å². The zero-order chi connectivity index (χ0) is 14.8. The average molecular weight is 288 g/mol. The van der Waals surface area contributed by atoms with E-state index in [1.54, 1.807) is 0 Å². The Kier molecular flexibility index (Phi) is 4.77. The molecule has 0 aromatic heterocycles. The molecule has 2 aliphatic rings. The van der Waals surface area contributed by atoms with Gasteiger partial charge in [-0.15, -0.1) is 0 Å². The molecule has 0 aromatic rings. The van der Waals surface area contributed by atoms with Crippen LogP contribution in [0.1, 0.15) is 6.42 Å². The monoisotopic (exact) mass is 288 g/mol. The van der Waals surface area contributed by atoms with Crippen LogP contribution in [0.2, 0.25) is 0 Å².